The minimum atomic E-state index is -0.356. The summed E-state index contributed by atoms with van der Waals surface area (Å²) in [4.78, 5) is 36.3. The highest BCUT2D eigenvalue weighted by Crippen LogP contribution is 2.46. The third-order valence-electron chi connectivity index (χ3n) is 6.91. The average Bonchev–Trinajstić information content (AvgIpc) is 3.33. The number of pyridine rings is 1. The van der Waals surface area contributed by atoms with Crippen LogP contribution in [0.25, 0.3) is 10.2 Å². The number of nitrogens with zero attached hydrogens (tertiary/aromatic N) is 3. The number of hydrogen-bond acceptors (Lipinski definition) is 6. The maximum absolute atomic E-state index is 13.5. The molecule has 2 aromatic heterocycles. The SMILES string of the molecule is C=CC(=C)N1CCC[C@@H](NC(=O)c2sc3nccc4c3c2NC(=O)N4c2cccc(Oc3ccccc3)c2)C1. The Morgan fingerprint density at radius 3 is 2.79 bits per heavy atom. The molecule has 1 fully saturated rings. The number of anilines is 3. The molecule has 1 atom stereocenters. The van der Waals surface area contributed by atoms with E-state index in [1.165, 1.54) is 11.3 Å². The second kappa shape index (κ2) is 10.3. The fraction of sp³-hybridized carbons (Fsp3) is 0.167. The Morgan fingerprint density at radius 1 is 1.15 bits per heavy atom. The molecule has 0 unspecified atom stereocenters. The van der Waals surface area contributed by atoms with E-state index in [0.29, 0.717) is 44.8 Å². The van der Waals surface area contributed by atoms with Crippen molar-refractivity contribution in [3.63, 3.8) is 0 Å². The monoisotopic (exact) mass is 537 g/mol. The molecule has 2 N–H and O–H groups in total. The zero-order chi connectivity index (χ0) is 26.9. The molecule has 9 heteroatoms. The molecule has 0 saturated carbocycles. The van der Waals surface area contributed by atoms with Gasteiger partial charge in [0.25, 0.3) is 5.91 Å². The first-order chi connectivity index (χ1) is 19.0. The highest BCUT2D eigenvalue weighted by atomic mass is 32.1. The van der Waals surface area contributed by atoms with Gasteiger partial charge in [0.2, 0.25) is 0 Å². The Bertz CT molecular complexity index is 1600. The first-order valence-electron chi connectivity index (χ1n) is 12.7. The van der Waals surface area contributed by atoms with Gasteiger partial charge in [-0.05, 0) is 49.2 Å². The van der Waals surface area contributed by atoms with Crippen molar-refractivity contribution in [1.29, 1.82) is 0 Å². The van der Waals surface area contributed by atoms with Gasteiger partial charge in [-0.25, -0.2) is 9.78 Å². The number of rotatable bonds is 7. The van der Waals surface area contributed by atoms with Crippen molar-refractivity contribution in [2.75, 3.05) is 23.3 Å². The van der Waals surface area contributed by atoms with Gasteiger partial charge in [-0.2, -0.15) is 0 Å². The number of thiophene rings is 1. The van der Waals surface area contributed by atoms with Crippen LogP contribution in [0.4, 0.5) is 21.9 Å². The normalized spacial score (nSPS) is 16.5. The van der Waals surface area contributed by atoms with E-state index >= 15 is 0 Å². The van der Waals surface area contributed by atoms with E-state index in [1.807, 2.05) is 54.6 Å². The Morgan fingerprint density at radius 2 is 1.97 bits per heavy atom. The molecule has 4 aromatic rings. The Hall–Kier alpha value is -4.63. The van der Waals surface area contributed by atoms with Crippen molar-refractivity contribution in [1.82, 2.24) is 15.2 Å². The number of aromatic nitrogens is 1. The third kappa shape index (κ3) is 4.72. The van der Waals surface area contributed by atoms with Crippen LogP contribution >= 0.6 is 11.3 Å². The Kier molecular flexibility index (Phi) is 6.50. The Balaban J connectivity index is 1.30. The van der Waals surface area contributed by atoms with Crippen molar-refractivity contribution >= 4 is 50.6 Å². The van der Waals surface area contributed by atoms with Crippen LogP contribution in [0.15, 0.2) is 91.8 Å². The molecule has 6 rings (SSSR count). The summed E-state index contributed by atoms with van der Waals surface area (Å²) in [6.45, 7) is 9.40. The number of para-hydroxylation sites is 1. The minimum Gasteiger partial charge on any atom is -0.457 e. The van der Waals surface area contributed by atoms with E-state index in [9.17, 15) is 9.59 Å². The lowest BCUT2D eigenvalue weighted by Gasteiger charge is -2.35. The fourth-order valence-corrected chi connectivity index (χ4v) is 6.07. The average molecular weight is 538 g/mol. The van der Waals surface area contributed by atoms with E-state index in [2.05, 4.69) is 33.7 Å². The number of carbonyl (C=O) groups excluding carboxylic acids is 2. The Labute approximate surface area is 230 Å². The van der Waals surface area contributed by atoms with Crippen LogP contribution in [0.1, 0.15) is 22.5 Å². The van der Waals surface area contributed by atoms with E-state index in [0.717, 1.165) is 30.5 Å². The van der Waals surface area contributed by atoms with E-state index in [-0.39, 0.29) is 18.0 Å². The summed E-state index contributed by atoms with van der Waals surface area (Å²) in [5.74, 6) is 1.09. The van der Waals surface area contributed by atoms with Crippen LogP contribution in [-0.4, -0.2) is 41.0 Å². The van der Waals surface area contributed by atoms with Gasteiger partial charge in [0.05, 0.1) is 22.4 Å². The second-order valence-electron chi connectivity index (χ2n) is 9.45. The quantitative estimate of drug-likeness (QED) is 0.257. The van der Waals surface area contributed by atoms with Crippen molar-refractivity contribution in [3.8, 4) is 11.5 Å². The van der Waals surface area contributed by atoms with Gasteiger partial charge in [-0.1, -0.05) is 37.4 Å². The summed E-state index contributed by atoms with van der Waals surface area (Å²) < 4.78 is 5.99. The number of allylic oxidation sites excluding steroid dienone is 1. The molecular weight excluding hydrogens is 510 g/mol. The summed E-state index contributed by atoms with van der Waals surface area (Å²) >= 11 is 1.28. The van der Waals surface area contributed by atoms with Gasteiger partial charge in [-0.3, -0.25) is 9.69 Å². The standard InChI is InChI=1S/C30H27N5O3S/c1-3-19(2)34-16-8-9-20(18-34)32-28(36)27-26-25-24(14-15-31-29(25)39-27)35(30(37)33-26)21-10-7-13-23(17-21)38-22-11-5-4-6-12-22/h3-7,10-15,17,20H,1-2,8-9,16,18H2,(H,32,36)(H,33,37)/t20-/m1/s1. The highest BCUT2D eigenvalue weighted by molar-refractivity contribution is 7.21. The third-order valence-corrected chi connectivity index (χ3v) is 8.00. The van der Waals surface area contributed by atoms with Gasteiger partial charge in [-0.15, -0.1) is 11.3 Å². The van der Waals surface area contributed by atoms with Crippen LogP contribution < -0.4 is 20.3 Å². The van der Waals surface area contributed by atoms with Crippen LogP contribution in [0.2, 0.25) is 0 Å². The fourth-order valence-electron chi connectivity index (χ4n) is 5.05. The maximum Gasteiger partial charge on any atom is 0.331 e. The van der Waals surface area contributed by atoms with Crippen LogP contribution in [0, 0.1) is 0 Å². The van der Waals surface area contributed by atoms with E-state index in [4.69, 9.17) is 4.74 Å². The predicted molar refractivity (Wildman–Crippen MR) is 155 cm³/mol. The zero-order valence-electron chi connectivity index (χ0n) is 21.2. The first kappa shape index (κ1) is 24.7. The van der Waals surface area contributed by atoms with Crippen molar-refractivity contribution in [3.05, 3.63) is 96.7 Å². The molecular formula is C30H27N5O3S. The largest absolute Gasteiger partial charge is 0.457 e. The van der Waals surface area contributed by atoms with Gasteiger partial charge < -0.3 is 20.3 Å². The predicted octanol–water partition coefficient (Wildman–Crippen LogP) is 6.67. The number of ether oxygens (including phenoxy) is 1. The van der Waals surface area contributed by atoms with Crippen molar-refractivity contribution in [2.45, 2.75) is 18.9 Å². The number of nitrogens with one attached hydrogen (secondary N) is 2. The molecule has 8 nitrogen and oxygen atoms in total. The lowest BCUT2D eigenvalue weighted by molar-refractivity contribution is 0.0920. The van der Waals surface area contributed by atoms with Crippen LogP contribution in [0.3, 0.4) is 0 Å². The van der Waals surface area contributed by atoms with E-state index in [1.54, 1.807) is 23.2 Å². The summed E-state index contributed by atoms with van der Waals surface area (Å²) in [6.07, 6.45) is 5.22. The summed E-state index contributed by atoms with van der Waals surface area (Å²) in [7, 11) is 0. The molecule has 1 saturated heterocycles. The molecule has 39 heavy (non-hydrogen) atoms. The van der Waals surface area contributed by atoms with Crippen LogP contribution in [0.5, 0.6) is 11.5 Å². The number of urea groups is 1. The number of piperidine rings is 1. The molecule has 2 aliphatic heterocycles. The van der Waals surface area contributed by atoms with Crippen molar-refractivity contribution in [2.24, 2.45) is 0 Å². The van der Waals surface area contributed by atoms with Crippen molar-refractivity contribution < 1.29 is 14.3 Å². The number of benzene rings is 2. The van der Waals surface area contributed by atoms with Gasteiger partial charge >= 0.3 is 6.03 Å². The highest BCUT2D eigenvalue weighted by Gasteiger charge is 2.33. The van der Waals surface area contributed by atoms with Gasteiger partial charge in [0.1, 0.15) is 21.2 Å². The van der Waals surface area contributed by atoms with E-state index < -0.39 is 0 Å². The number of likely N-dealkylation sites (tertiary alicyclic amines) is 1. The van der Waals surface area contributed by atoms with Gasteiger partial charge in [0.15, 0.2) is 0 Å². The molecule has 2 aliphatic rings. The van der Waals surface area contributed by atoms with Gasteiger partial charge in [0, 0.05) is 37.1 Å². The molecule has 196 valence electrons. The van der Waals surface area contributed by atoms with Crippen LogP contribution in [-0.2, 0) is 0 Å². The number of hydrogen-bond donors (Lipinski definition) is 2. The topological polar surface area (TPSA) is 86.8 Å². The summed E-state index contributed by atoms with van der Waals surface area (Å²) in [5.41, 5.74) is 2.65. The maximum atomic E-state index is 13.5. The molecule has 3 amide bonds. The molecule has 2 aromatic carbocycles. The molecule has 0 spiro atoms. The number of carbonyl (C=O) groups is 2. The minimum absolute atomic E-state index is 0.0315. The smallest absolute Gasteiger partial charge is 0.331 e. The summed E-state index contributed by atoms with van der Waals surface area (Å²) in [5, 5.41) is 6.86. The lowest BCUT2D eigenvalue weighted by atomic mass is 10.0. The second-order valence-corrected chi connectivity index (χ2v) is 10.4. The zero-order valence-corrected chi connectivity index (χ0v) is 22.0. The first-order valence-corrected chi connectivity index (χ1v) is 13.6. The molecule has 0 bridgehead atoms. The molecule has 4 heterocycles. The lowest BCUT2D eigenvalue weighted by Crippen LogP contribution is -2.47. The molecule has 0 radical (unpaired) electrons. The number of amides is 3. The summed E-state index contributed by atoms with van der Waals surface area (Å²) in [6, 6.07) is 18.2. The molecule has 0 aliphatic carbocycles.